The maximum Gasteiger partial charge on any atom is 0.285 e. The summed E-state index contributed by atoms with van der Waals surface area (Å²) < 4.78 is 11.6. The number of rotatable bonds is 6. The number of hydrogen-bond acceptors (Lipinski definition) is 6. The summed E-state index contributed by atoms with van der Waals surface area (Å²) in [6.07, 6.45) is 8.43. The molecule has 6 rings (SSSR count). The summed E-state index contributed by atoms with van der Waals surface area (Å²) in [6, 6.07) is 5.54. The minimum absolute atomic E-state index is 0.0265. The number of thioether (sulfide) groups is 1. The van der Waals surface area contributed by atoms with Crippen LogP contribution in [0, 0.1) is 23.2 Å². The van der Waals surface area contributed by atoms with E-state index in [1.807, 2.05) is 32.0 Å². The van der Waals surface area contributed by atoms with Gasteiger partial charge in [0.25, 0.3) is 5.91 Å². The van der Waals surface area contributed by atoms with Gasteiger partial charge in [0.05, 0.1) is 23.5 Å². The van der Waals surface area contributed by atoms with Crippen LogP contribution < -0.4 is 14.9 Å². The Kier molecular flexibility index (Phi) is 5.93. The van der Waals surface area contributed by atoms with Gasteiger partial charge in [-0.05, 0) is 106 Å². The molecule has 1 heterocycles. The molecule has 0 aromatic heterocycles. The molecule has 0 unspecified atom stereocenters. The molecule has 5 aliphatic rings. The van der Waals surface area contributed by atoms with Crippen molar-refractivity contribution in [2.24, 2.45) is 23.2 Å². The van der Waals surface area contributed by atoms with Crippen LogP contribution >= 0.6 is 24.0 Å². The minimum Gasteiger partial charge on any atom is -0.493 e. The third-order valence-electron chi connectivity index (χ3n) is 7.38. The van der Waals surface area contributed by atoms with Crippen LogP contribution in [0.2, 0.25) is 0 Å². The third kappa shape index (κ3) is 4.28. The Morgan fingerprint density at radius 3 is 2.39 bits per heavy atom. The molecule has 4 aliphatic carbocycles. The normalized spacial score (nSPS) is 31.6. The summed E-state index contributed by atoms with van der Waals surface area (Å²) >= 11 is 6.66. The van der Waals surface area contributed by atoms with Crippen molar-refractivity contribution in [1.82, 2.24) is 10.4 Å². The fourth-order valence-corrected chi connectivity index (χ4v) is 7.63. The van der Waals surface area contributed by atoms with Crippen molar-refractivity contribution in [3.8, 4) is 11.5 Å². The van der Waals surface area contributed by atoms with Gasteiger partial charge in [-0.1, -0.05) is 17.8 Å². The van der Waals surface area contributed by atoms with Crippen LogP contribution in [-0.4, -0.2) is 34.4 Å². The minimum atomic E-state index is -0.332. The van der Waals surface area contributed by atoms with Gasteiger partial charge in [-0.15, -0.1) is 0 Å². The fraction of sp³-hybridized carbons (Fsp3) is 0.560. The SMILES string of the molecule is COc1cc(/C=C2\SC(=S)N(NC(=O)C34CC5CC(CC(C5)C3)C4)C2=O)ccc1OC(C)C. The second-order valence-electron chi connectivity index (χ2n) is 10.2. The smallest absolute Gasteiger partial charge is 0.285 e. The standard InChI is InChI=1S/C25H30N2O4S2/c1-14(2)31-19-5-4-15(9-20(19)30-3)10-21-22(28)27(24(32)33-21)26-23(29)25-11-16-6-17(12-25)8-18(7-16)13-25/h4-5,9-10,14,16-18H,6-8,11-13H2,1-3H3,(H,26,29)/b21-10-. The number of ether oxygens (including phenoxy) is 2. The monoisotopic (exact) mass is 486 g/mol. The molecule has 2 amide bonds. The van der Waals surface area contributed by atoms with Crippen LogP contribution in [0.15, 0.2) is 23.1 Å². The molecule has 4 saturated carbocycles. The van der Waals surface area contributed by atoms with Crippen molar-refractivity contribution in [2.45, 2.75) is 58.5 Å². The molecule has 0 radical (unpaired) electrons. The number of carbonyl (C=O) groups excluding carboxylic acids is 2. The Hall–Kier alpha value is -2.06. The molecule has 33 heavy (non-hydrogen) atoms. The number of amides is 2. The van der Waals surface area contributed by atoms with Gasteiger partial charge < -0.3 is 9.47 Å². The maximum atomic E-state index is 13.4. The molecule has 1 aromatic carbocycles. The van der Waals surface area contributed by atoms with Crippen molar-refractivity contribution < 1.29 is 19.1 Å². The van der Waals surface area contributed by atoms with Crippen LogP contribution in [-0.2, 0) is 9.59 Å². The largest absolute Gasteiger partial charge is 0.493 e. The number of methoxy groups -OCH3 is 1. The molecule has 1 aliphatic heterocycles. The van der Waals surface area contributed by atoms with Crippen molar-refractivity contribution in [3.63, 3.8) is 0 Å². The zero-order valence-corrected chi connectivity index (χ0v) is 20.9. The highest BCUT2D eigenvalue weighted by Crippen LogP contribution is 2.60. The van der Waals surface area contributed by atoms with Crippen LogP contribution in [0.5, 0.6) is 11.5 Å². The predicted molar refractivity (Wildman–Crippen MR) is 133 cm³/mol. The molecular weight excluding hydrogens is 456 g/mol. The van der Waals surface area contributed by atoms with Gasteiger partial charge in [-0.2, -0.15) is 5.01 Å². The van der Waals surface area contributed by atoms with E-state index in [1.54, 1.807) is 13.2 Å². The maximum absolute atomic E-state index is 13.4. The van der Waals surface area contributed by atoms with E-state index >= 15 is 0 Å². The first-order valence-corrected chi connectivity index (χ1v) is 12.9. The third-order valence-corrected chi connectivity index (χ3v) is 8.68. The summed E-state index contributed by atoms with van der Waals surface area (Å²) in [5.74, 6) is 2.91. The lowest BCUT2D eigenvalue weighted by molar-refractivity contribution is -0.152. The summed E-state index contributed by atoms with van der Waals surface area (Å²) in [6.45, 7) is 3.91. The van der Waals surface area contributed by atoms with Gasteiger partial charge in [0.1, 0.15) is 0 Å². The highest BCUT2D eigenvalue weighted by molar-refractivity contribution is 8.26. The van der Waals surface area contributed by atoms with Gasteiger partial charge in [0, 0.05) is 0 Å². The molecule has 176 valence electrons. The molecular formula is C25H30N2O4S2. The Labute approximate surface area is 204 Å². The average molecular weight is 487 g/mol. The topological polar surface area (TPSA) is 67.9 Å². The molecule has 8 heteroatoms. The van der Waals surface area contributed by atoms with Crippen molar-refractivity contribution >= 4 is 46.2 Å². The van der Waals surface area contributed by atoms with Gasteiger partial charge in [0.15, 0.2) is 15.8 Å². The highest BCUT2D eigenvalue weighted by atomic mass is 32.2. The van der Waals surface area contributed by atoms with Crippen LogP contribution in [0.1, 0.15) is 57.9 Å². The Bertz CT molecular complexity index is 1000. The number of nitrogens with one attached hydrogen (secondary N) is 1. The Balaban J connectivity index is 1.31. The first kappa shape index (κ1) is 22.7. The molecule has 6 nitrogen and oxygen atoms in total. The molecule has 5 fully saturated rings. The summed E-state index contributed by atoms with van der Waals surface area (Å²) in [7, 11) is 1.59. The summed E-state index contributed by atoms with van der Waals surface area (Å²) in [5, 5.41) is 1.26. The van der Waals surface area contributed by atoms with E-state index in [0.717, 1.165) is 24.8 Å². The van der Waals surface area contributed by atoms with E-state index in [-0.39, 0.29) is 23.3 Å². The van der Waals surface area contributed by atoms with E-state index in [9.17, 15) is 9.59 Å². The molecule has 1 N–H and O–H groups in total. The second-order valence-corrected chi connectivity index (χ2v) is 11.9. The van der Waals surface area contributed by atoms with Crippen LogP contribution in [0.25, 0.3) is 6.08 Å². The fourth-order valence-electron chi connectivity index (χ4n) is 6.45. The van der Waals surface area contributed by atoms with Crippen molar-refractivity contribution in [3.05, 3.63) is 28.7 Å². The van der Waals surface area contributed by atoms with Crippen molar-refractivity contribution in [2.75, 3.05) is 7.11 Å². The average Bonchev–Trinajstić information content (AvgIpc) is 3.00. The predicted octanol–water partition coefficient (Wildman–Crippen LogP) is 4.93. The number of nitrogens with zero attached hydrogens (tertiary/aromatic N) is 1. The Morgan fingerprint density at radius 1 is 1.18 bits per heavy atom. The van der Waals surface area contributed by atoms with Crippen molar-refractivity contribution in [1.29, 1.82) is 0 Å². The van der Waals surface area contributed by atoms with E-state index in [4.69, 9.17) is 21.7 Å². The molecule has 0 atom stereocenters. The van der Waals surface area contributed by atoms with Gasteiger partial charge in [-0.3, -0.25) is 15.0 Å². The van der Waals surface area contributed by atoms with Crippen LogP contribution in [0.4, 0.5) is 0 Å². The summed E-state index contributed by atoms with van der Waals surface area (Å²) in [4.78, 5) is 27.0. The van der Waals surface area contributed by atoms with Gasteiger partial charge >= 0.3 is 0 Å². The van der Waals surface area contributed by atoms with E-state index in [0.29, 0.717) is 38.5 Å². The molecule has 1 saturated heterocycles. The van der Waals surface area contributed by atoms with Crippen LogP contribution in [0.3, 0.4) is 0 Å². The first-order valence-electron chi connectivity index (χ1n) is 11.7. The zero-order valence-electron chi connectivity index (χ0n) is 19.3. The number of hydrogen-bond donors (Lipinski definition) is 1. The lowest BCUT2D eigenvalue weighted by atomic mass is 9.49. The highest BCUT2D eigenvalue weighted by Gasteiger charge is 2.55. The lowest BCUT2D eigenvalue weighted by Crippen LogP contribution is -2.57. The Morgan fingerprint density at radius 2 is 1.82 bits per heavy atom. The summed E-state index contributed by atoms with van der Waals surface area (Å²) in [5.41, 5.74) is 3.37. The lowest BCUT2D eigenvalue weighted by Gasteiger charge is -2.55. The first-order chi connectivity index (χ1) is 15.8. The number of carbonyl (C=O) groups is 2. The van der Waals surface area contributed by atoms with Gasteiger partial charge in [0.2, 0.25) is 5.91 Å². The molecule has 1 aromatic rings. The molecule has 0 spiro atoms. The van der Waals surface area contributed by atoms with E-state index in [1.165, 1.54) is 36.0 Å². The quantitative estimate of drug-likeness (QED) is 0.454. The zero-order chi connectivity index (χ0) is 23.3. The number of benzene rings is 1. The van der Waals surface area contributed by atoms with E-state index in [2.05, 4.69) is 5.43 Å². The second kappa shape index (κ2) is 8.62. The number of thiocarbonyl (C=S) groups is 1. The molecule has 4 bridgehead atoms. The van der Waals surface area contributed by atoms with E-state index < -0.39 is 0 Å². The van der Waals surface area contributed by atoms with Gasteiger partial charge in [-0.25, -0.2) is 0 Å². The number of hydrazine groups is 1.